The highest BCUT2D eigenvalue weighted by molar-refractivity contribution is 5.91. The third kappa shape index (κ3) is 6.34. The average Bonchev–Trinajstić information content (AvgIpc) is 2.76. The number of hydrogen-bond donors (Lipinski definition) is 2. The van der Waals surface area contributed by atoms with Gasteiger partial charge in [-0.05, 0) is 61.9 Å². The summed E-state index contributed by atoms with van der Waals surface area (Å²) in [5.74, 6) is 0.624. The Kier molecular flexibility index (Phi) is 7.89. The molecule has 1 aliphatic rings. The Morgan fingerprint density at radius 3 is 2.73 bits per heavy atom. The van der Waals surface area contributed by atoms with Crippen molar-refractivity contribution >= 4 is 17.5 Å². The van der Waals surface area contributed by atoms with Crippen molar-refractivity contribution in [3.63, 3.8) is 0 Å². The zero-order valence-corrected chi connectivity index (χ0v) is 17.9. The van der Waals surface area contributed by atoms with Crippen molar-refractivity contribution in [1.29, 1.82) is 0 Å². The molecule has 0 aromatic heterocycles. The summed E-state index contributed by atoms with van der Waals surface area (Å²) in [6, 6.07) is 16.1. The maximum atomic E-state index is 12.7. The van der Waals surface area contributed by atoms with Crippen LogP contribution in [-0.4, -0.2) is 24.5 Å². The zero-order valence-electron chi connectivity index (χ0n) is 17.9. The van der Waals surface area contributed by atoms with E-state index in [0.717, 1.165) is 42.7 Å². The van der Waals surface area contributed by atoms with Gasteiger partial charge in [-0.3, -0.25) is 9.59 Å². The lowest BCUT2D eigenvalue weighted by atomic mass is 9.95. The Hall–Kier alpha value is -2.82. The van der Waals surface area contributed by atoms with Gasteiger partial charge in [0.25, 0.3) is 0 Å². The quantitative estimate of drug-likeness (QED) is 0.642. The summed E-state index contributed by atoms with van der Waals surface area (Å²) < 4.78 is 5.82. The predicted molar refractivity (Wildman–Crippen MR) is 120 cm³/mol. The molecule has 30 heavy (non-hydrogen) atoms. The summed E-state index contributed by atoms with van der Waals surface area (Å²) in [5, 5.41) is 6.07. The van der Waals surface area contributed by atoms with E-state index in [1.165, 1.54) is 5.56 Å². The summed E-state index contributed by atoms with van der Waals surface area (Å²) in [6.45, 7) is 4.49. The molecular weight excluding hydrogens is 376 g/mol. The first-order chi connectivity index (χ1) is 14.5. The van der Waals surface area contributed by atoms with Gasteiger partial charge in [-0.15, -0.1) is 0 Å². The van der Waals surface area contributed by atoms with Crippen LogP contribution in [-0.2, 0) is 22.4 Å². The van der Waals surface area contributed by atoms with Crippen molar-refractivity contribution in [2.24, 2.45) is 5.92 Å². The highest BCUT2D eigenvalue weighted by atomic mass is 16.5. The molecule has 0 spiro atoms. The third-order valence-electron chi connectivity index (χ3n) is 5.48. The van der Waals surface area contributed by atoms with Crippen molar-refractivity contribution in [1.82, 2.24) is 5.32 Å². The second-order valence-corrected chi connectivity index (χ2v) is 8.12. The molecule has 0 unspecified atom stereocenters. The number of amides is 2. The van der Waals surface area contributed by atoms with Crippen LogP contribution in [0.15, 0.2) is 48.5 Å². The monoisotopic (exact) mass is 408 g/mol. The number of rotatable bonds is 9. The summed E-state index contributed by atoms with van der Waals surface area (Å²) in [5.41, 5.74) is 3.00. The Labute approximate surface area is 179 Å². The van der Waals surface area contributed by atoms with Crippen LogP contribution in [0.5, 0.6) is 5.75 Å². The van der Waals surface area contributed by atoms with Crippen LogP contribution < -0.4 is 15.4 Å². The van der Waals surface area contributed by atoms with Crippen LogP contribution in [0.2, 0.25) is 0 Å². The molecule has 160 valence electrons. The molecule has 2 aromatic rings. The molecule has 2 amide bonds. The number of carbonyl (C=O) groups excluding carboxylic acids is 2. The van der Waals surface area contributed by atoms with E-state index in [2.05, 4.69) is 29.7 Å². The van der Waals surface area contributed by atoms with Gasteiger partial charge in [0.1, 0.15) is 12.4 Å². The van der Waals surface area contributed by atoms with Gasteiger partial charge in [-0.25, -0.2) is 0 Å². The van der Waals surface area contributed by atoms with E-state index in [9.17, 15) is 9.59 Å². The Morgan fingerprint density at radius 2 is 1.97 bits per heavy atom. The largest absolute Gasteiger partial charge is 0.492 e. The first-order valence-electron chi connectivity index (χ1n) is 10.9. The number of benzene rings is 2. The summed E-state index contributed by atoms with van der Waals surface area (Å²) >= 11 is 0. The number of anilines is 1. The highest BCUT2D eigenvalue weighted by Crippen LogP contribution is 2.30. The zero-order chi connectivity index (χ0) is 21.3. The van der Waals surface area contributed by atoms with Crippen molar-refractivity contribution in [3.05, 3.63) is 59.7 Å². The van der Waals surface area contributed by atoms with Gasteiger partial charge in [0.15, 0.2) is 0 Å². The average molecular weight is 409 g/mol. The number of carbonyl (C=O) groups is 2. The molecule has 0 aliphatic carbocycles. The van der Waals surface area contributed by atoms with E-state index >= 15 is 0 Å². The maximum absolute atomic E-state index is 12.7. The van der Waals surface area contributed by atoms with Gasteiger partial charge < -0.3 is 15.4 Å². The van der Waals surface area contributed by atoms with Crippen LogP contribution in [0.1, 0.15) is 50.7 Å². The minimum Gasteiger partial charge on any atom is -0.492 e. The normalized spacial score (nSPS) is 16.1. The van der Waals surface area contributed by atoms with Gasteiger partial charge >= 0.3 is 0 Å². The topological polar surface area (TPSA) is 67.4 Å². The molecule has 0 saturated carbocycles. The van der Waals surface area contributed by atoms with Crippen molar-refractivity contribution in [2.75, 3.05) is 11.9 Å². The van der Waals surface area contributed by atoms with E-state index in [4.69, 9.17) is 4.74 Å². The van der Waals surface area contributed by atoms with E-state index in [1.54, 1.807) is 0 Å². The molecule has 2 N–H and O–H groups in total. The minimum atomic E-state index is -0.220. The maximum Gasteiger partial charge on any atom is 0.227 e. The summed E-state index contributed by atoms with van der Waals surface area (Å²) in [6.07, 6.45) is 4.85. The van der Waals surface area contributed by atoms with Gasteiger partial charge in [0, 0.05) is 18.2 Å². The van der Waals surface area contributed by atoms with E-state index < -0.39 is 0 Å². The Morgan fingerprint density at radius 1 is 1.17 bits per heavy atom. The van der Waals surface area contributed by atoms with Crippen LogP contribution in [0.25, 0.3) is 0 Å². The molecule has 5 nitrogen and oxygen atoms in total. The second kappa shape index (κ2) is 10.8. The SMILES string of the molecule is CCCCC(=O)Nc1ccc2c(c1)C[C@@H](C(=O)N[C@@H](C)CCc1ccccc1)CO2. The number of nitrogens with one attached hydrogen (secondary N) is 2. The van der Waals surface area contributed by atoms with Crippen LogP contribution >= 0.6 is 0 Å². The fourth-order valence-electron chi connectivity index (χ4n) is 3.66. The number of ether oxygens (including phenoxy) is 1. The van der Waals surface area contributed by atoms with Crippen molar-refractivity contribution in [2.45, 2.75) is 58.4 Å². The van der Waals surface area contributed by atoms with Crippen molar-refractivity contribution in [3.8, 4) is 5.75 Å². The number of hydrogen-bond acceptors (Lipinski definition) is 3. The molecule has 1 aliphatic heterocycles. The van der Waals surface area contributed by atoms with E-state index in [-0.39, 0.29) is 23.8 Å². The second-order valence-electron chi connectivity index (χ2n) is 8.12. The summed E-state index contributed by atoms with van der Waals surface area (Å²) in [7, 11) is 0. The molecule has 2 atom stereocenters. The molecule has 2 aromatic carbocycles. The van der Waals surface area contributed by atoms with Crippen LogP contribution in [0.4, 0.5) is 5.69 Å². The molecule has 0 radical (unpaired) electrons. The Balaban J connectivity index is 1.52. The Bertz CT molecular complexity index is 851. The molecule has 1 heterocycles. The molecular formula is C25H32N2O3. The van der Waals surface area contributed by atoms with Gasteiger partial charge in [0.2, 0.25) is 11.8 Å². The predicted octanol–water partition coefficient (Wildman–Crippen LogP) is 4.50. The van der Waals surface area contributed by atoms with Gasteiger partial charge in [-0.2, -0.15) is 0 Å². The number of aryl methyl sites for hydroxylation is 1. The third-order valence-corrected chi connectivity index (χ3v) is 5.48. The smallest absolute Gasteiger partial charge is 0.227 e. The fraction of sp³-hybridized carbons (Fsp3) is 0.440. The lowest BCUT2D eigenvalue weighted by Gasteiger charge is -2.26. The molecule has 0 fully saturated rings. The lowest BCUT2D eigenvalue weighted by molar-refractivity contribution is -0.127. The van der Waals surface area contributed by atoms with Gasteiger partial charge in [0.05, 0.1) is 5.92 Å². The standard InChI is InChI=1S/C25H32N2O3/c1-3-4-10-24(28)27-22-13-14-23-20(16-22)15-21(17-30-23)25(29)26-18(2)11-12-19-8-6-5-7-9-19/h5-9,13-14,16,18,21H,3-4,10-12,15,17H2,1-2H3,(H,26,29)(H,27,28)/t18-,21+/m0/s1. The van der Waals surface area contributed by atoms with E-state index in [1.807, 2.05) is 43.3 Å². The first kappa shape index (κ1) is 21.9. The molecule has 0 bridgehead atoms. The van der Waals surface area contributed by atoms with E-state index in [0.29, 0.717) is 19.4 Å². The number of fused-ring (bicyclic) bond motifs is 1. The summed E-state index contributed by atoms with van der Waals surface area (Å²) in [4.78, 5) is 24.7. The minimum absolute atomic E-state index is 0.0232. The fourth-order valence-corrected chi connectivity index (χ4v) is 3.66. The molecule has 5 heteroatoms. The lowest BCUT2D eigenvalue weighted by Crippen LogP contribution is -2.41. The van der Waals surface area contributed by atoms with Crippen LogP contribution in [0, 0.1) is 5.92 Å². The first-order valence-corrected chi connectivity index (χ1v) is 10.9. The number of unbranched alkanes of at least 4 members (excludes halogenated alkanes) is 1. The molecule has 0 saturated heterocycles. The van der Waals surface area contributed by atoms with Crippen LogP contribution in [0.3, 0.4) is 0 Å². The molecule has 3 rings (SSSR count). The van der Waals surface area contributed by atoms with Crippen molar-refractivity contribution < 1.29 is 14.3 Å². The highest BCUT2D eigenvalue weighted by Gasteiger charge is 2.27. The van der Waals surface area contributed by atoms with Gasteiger partial charge in [-0.1, -0.05) is 43.7 Å².